The Hall–Kier alpha value is -0.580. The zero-order chi connectivity index (χ0) is 9.80. The molecule has 0 aromatic carbocycles. The molecule has 78 valence electrons. The van der Waals surface area contributed by atoms with Gasteiger partial charge >= 0.3 is 0 Å². The molecule has 14 heavy (non-hydrogen) atoms. The van der Waals surface area contributed by atoms with Crippen LogP contribution in [0, 0.1) is 0 Å². The van der Waals surface area contributed by atoms with Crippen LogP contribution in [-0.2, 0) is 6.42 Å². The molecule has 4 N–H and O–H groups in total. The van der Waals surface area contributed by atoms with Crippen molar-refractivity contribution in [2.24, 2.45) is 0 Å². The van der Waals surface area contributed by atoms with Gasteiger partial charge in [-0.2, -0.15) is 0 Å². The number of nitrogens with two attached hydrogens (primary N) is 1. The molecule has 1 aromatic heterocycles. The van der Waals surface area contributed by atoms with Gasteiger partial charge in [0.15, 0.2) is 0 Å². The summed E-state index contributed by atoms with van der Waals surface area (Å²) < 4.78 is 0. The molecule has 0 saturated carbocycles. The molecule has 1 fully saturated rings. The fraction of sp³-hybridized carbons (Fsp3) is 0.600. The van der Waals surface area contributed by atoms with Gasteiger partial charge in [0.2, 0.25) is 0 Å². The third kappa shape index (κ3) is 2.47. The van der Waals surface area contributed by atoms with Gasteiger partial charge in [0.25, 0.3) is 0 Å². The molecule has 0 bridgehead atoms. The fourth-order valence-corrected chi connectivity index (χ4v) is 2.56. The molecule has 3 nitrogen and oxygen atoms in total. The average molecular weight is 211 g/mol. The lowest BCUT2D eigenvalue weighted by Crippen LogP contribution is -2.32. The highest BCUT2D eigenvalue weighted by molar-refractivity contribution is 7.08. The van der Waals surface area contributed by atoms with Crippen molar-refractivity contribution in [3.05, 3.63) is 16.3 Å². The topological polar surface area (TPSA) is 50.1 Å². The maximum Gasteiger partial charge on any atom is 0.0455 e. The van der Waals surface area contributed by atoms with E-state index in [4.69, 9.17) is 5.73 Å². The Morgan fingerprint density at radius 3 is 3.14 bits per heavy atom. The second kappa shape index (κ2) is 4.77. The van der Waals surface area contributed by atoms with Gasteiger partial charge in [-0.1, -0.05) is 0 Å². The van der Waals surface area contributed by atoms with E-state index in [2.05, 4.69) is 16.0 Å². The van der Waals surface area contributed by atoms with Crippen molar-refractivity contribution in [1.82, 2.24) is 10.6 Å². The molecule has 1 aliphatic rings. The minimum atomic E-state index is 0.662. The van der Waals surface area contributed by atoms with Crippen LogP contribution < -0.4 is 16.4 Å². The van der Waals surface area contributed by atoms with E-state index in [-0.39, 0.29) is 0 Å². The van der Waals surface area contributed by atoms with E-state index >= 15 is 0 Å². The monoisotopic (exact) mass is 211 g/mol. The molecular formula is C10H17N3S. The second-order valence-corrected chi connectivity index (χ2v) is 4.49. The Labute approximate surface area is 88.7 Å². The third-order valence-electron chi connectivity index (χ3n) is 2.66. The van der Waals surface area contributed by atoms with Gasteiger partial charge in [0.1, 0.15) is 0 Å². The summed E-state index contributed by atoms with van der Waals surface area (Å²) in [6, 6.07) is 0.662. The lowest BCUT2D eigenvalue weighted by Gasteiger charge is -2.10. The Kier molecular flexibility index (Phi) is 3.39. The molecule has 0 amide bonds. The standard InChI is InChI=1S/C10H17N3S/c11-10-7-14-6-8(10)1-4-13-9-2-3-12-5-9/h6-7,9,12-13H,1-5,11H2. The highest BCUT2D eigenvalue weighted by atomic mass is 32.1. The molecule has 1 saturated heterocycles. The first-order valence-corrected chi connectivity index (χ1v) is 6.05. The summed E-state index contributed by atoms with van der Waals surface area (Å²) in [4.78, 5) is 0. The van der Waals surface area contributed by atoms with Crippen molar-refractivity contribution in [2.45, 2.75) is 18.9 Å². The first-order valence-electron chi connectivity index (χ1n) is 5.11. The number of hydrogen-bond donors (Lipinski definition) is 3. The Morgan fingerprint density at radius 1 is 1.57 bits per heavy atom. The minimum Gasteiger partial charge on any atom is -0.398 e. The van der Waals surface area contributed by atoms with E-state index in [9.17, 15) is 0 Å². The number of anilines is 1. The molecule has 1 atom stereocenters. The zero-order valence-electron chi connectivity index (χ0n) is 8.25. The SMILES string of the molecule is Nc1cscc1CCNC1CCNC1. The van der Waals surface area contributed by atoms with E-state index in [0.717, 1.165) is 31.7 Å². The van der Waals surface area contributed by atoms with Crippen LogP contribution in [0.2, 0.25) is 0 Å². The summed E-state index contributed by atoms with van der Waals surface area (Å²) in [5.74, 6) is 0. The molecular weight excluding hydrogens is 194 g/mol. The van der Waals surface area contributed by atoms with Crippen LogP contribution in [0.25, 0.3) is 0 Å². The molecule has 1 aliphatic heterocycles. The smallest absolute Gasteiger partial charge is 0.0455 e. The van der Waals surface area contributed by atoms with Crippen LogP contribution in [0.15, 0.2) is 10.8 Å². The number of nitrogens with one attached hydrogen (secondary N) is 2. The van der Waals surface area contributed by atoms with Gasteiger partial charge in [-0.05, 0) is 36.9 Å². The van der Waals surface area contributed by atoms with Gasteiger partial charge in [-0.15, -0.1) is 11.3 Å². The van der Waals surface area contributed by atoms with Crippen LogP contribution in [0.1, 0.15) is 12.0 Å². The van der Waals surface area contributed by atoms with Crippen LogP contribution in [-0.4, -0.2) is 25.7 Å². The first-order chi connectivity index (χ1) is 6.86. The van der Waals surface area contributed by atoms with Crippen LogP contribution >= 0.6 is 11.3 Å². The van der Waals surface area contributed by atoms with E-state index in [1.54, 1.807) is 11.3 Å². The van der Waals surface area contributed by atoms with Gasteiger partial charge in [-0.3, -0.25) is 0 Å². The van der Waals surface area contributed by atoms with Crippen molar-refractivity contribution >= 4 is 17.0 Å². The number of rotatable bonds is 4. The number of thiophene rings is 1. The normalized spacial score (nSPS) is 21.6. The predicted molar refractivity (Wildman–Crippen MR) is 61.7 cm³/mol. The lowest BCUT2D eigenvalue weighted by atomic mass is 10.2. The van der Waals surface area contributed by atoms with E-state index < -0.39 is 0 Å². The quantitative estimate of drug-likeness (QED) is 0.691. The average Bonchev–Trinajstić information content (AvgIpc) is 2.78. The highest BCUT2D eigenvalue weighted by Gasteiger charge is 2.12. The Bertz CT molecular complexity index is 279. The second-order valence-electron chi connectivity index (χ2n) is 3.75. The van der Waals surface area contributed by atoms with Gasteiger partial charge in [0, 0.05) is 23.7 Å². The molecule has 0 radical (unpaired) electrons. The molecule has 0 aliphatic carbocycles. The largest absolute Gasteiger partial charge is 0.398 e. The van der Waals surface area contributed by atoms with E-state index in [1.807, 2.05) is 5.38 Å². The lowest BCUT2D eigenvalue weighted by molar-refractivity contribution is 0.551. The maximum absolute atomic E-state index is 5.81. The third-order valence-corrected chi connectivity index (χ3v) is 3.47. The van der Waals surface area contributed by atoms with Crippen molar-refractivity contribution in [3.63, 3.8) is 0 Å². The van der Waals surface area contributed by atoms with Crippen molar-refractivity contribution in [2.75, 3.05) is 25.4 Å². The van der Waals surface area contributed by atoms with Gasteiger partial charge < -0.3 is 16.4 Å². The summed E-state index contributed by atoms with van der Waals surface area (Å²) in [6.07, 6.45) is 2.30. The van der Waals surface area contributed by atoms with E-state index in [1.165, 1.54) is 12.0 Å². The Morgan fingerprint density at radius 2 is 2.50 bits per heavy atom. The summed E-state index contributed by atoms with van der Waals surface area (Å²) in [7, 11) is 0. The summed E-state index contributed by atoms with van der Waals surface area (Å²) in [5.41, 5.74) is 8.04. The summed E-state index contributed by atoms with van der Waals surface area (Å²) >= 11 is 1.68. The van der Waals surface area contributed by atoms with E-state index in [0.29, 0.717) is 6.04 Å². The zero-order valence-corrected chi connectivity index (χ0v) is 9.07. The first kappa shape index (κ1) is 9.96. The van der Waals surface area contributed by atoms with Gasteiger partial charge in [-0.25, -0.2) is 0 Å². The molecule has 4 heteroatoms. The maximum atomic E-state index is 5.81. The number of nitrogen functional groups attached to an aromatic ring is 1. The van der Waals surface area contributed by atoms with Crippen LogP contribution in [0.5, 0.6) is 0 Å². The predicted octanol–water partition coefficient (Wildman–Crippen LogP) is 0.824. The molecule has 1 aromatic rings. The van der Waals surface area contributed by atoms with Crippen LogP contribution in [0.4, 0.5) is 5.69 Å². The fourth-order valence-electron chi connectivity index (χ4n) is 1.78. The summed E-state index contributed by atoms with van der Waals surface area (Å²) in [6.45, 7) is 3.30. The molecule has 2 heterocycles. The summed E-state index contributed by atoms with van der Waals surface area (Å²) in [5, 5.41) is 11.0. The van der Waals surface area contributed by atoms with Crippen molar-refractivity contribution < 1.29 is 0 Å². The number of hydrogen-bond acceptors (Lipinski definition) is 4. The van der Waals surface area contributed by atoms with Crippen molar-refractivity contribution in [1.29, 1.82) is 0 Å². The molecule has 1 unspecified atom stereocenters. The molecule has 0 spiro atoms. The van der Waals surface area contributed by atoms with Gasteiger partial charge in [0.05, 0.1) is 0 Å². The van der Waals surface area contributed by atoms with Crippen molar-refractivity contribution in [3.8, 4) is 0 Å². The Balaban J connectivity index is 1.70. The molecule has 2 rings (SSSR count). The van der Waals surface area contributed by atoms with Crippen LogP contribution in [0.3, 0.4) is 0 Å². The minimum absolute atomic E-state index is 0.662. The highest BCUT2D eigenvalue weighted by Crippen LogP contribution is 2.17.